The third kappa shape index (κ3) is 2.54. The van der Waals surface area contributed by atoms with Crippen molar-refractivity contribution in [3.8, 4) is 0 Å². The number of hydrogen-bond donors (Lipinski definition) is 0. The van der Waals surface area contributed by atoms with Crippen molar-refractivity contribution in [2.75, 3.05) is 4.90 Å². The summed E-state index contributed by atoms with van der Waals surface area (Å²) in [5.41, 5.74) is -0.543. The van der Waals surface area contributed by atoms with Crippen LogP contribution in [0.1, 0.15) is 53.5 Å². The van der Waals surface area contributed by atoms with Gasteiger partial charge in [0.05, 0.1) is 5.69 Å². The number of hydrogen-bond acceptors (Lipinski definition) is 3. The summed E-state index contributed by atoms with van der Waals surface area (Å²) in [6.07, 6.45) is 1.56. The second-order valence-electron chi connectivity index (χ2n) is 7.87. The SMILES string of the molecule is C=CCC1(C(C)=O)N(C(=O)OC(C)(C)C)c2ccccc2C1(C)C. The molecule has 1 unspecified atom stereocenters. The molecule has 1 atom stereocenters. The van der Waals surface area contributed by atoms with Crippen LogP contribution in [0.3, 0.4) is 0 Å². The van der Waals surface area contributed by atoms with Crippen LogP contribution in [0.25, 0.3) is 0 Å². The lowest BCUT2D eigenvalue weighted by atomic mass is 9.66. The topological polar surface area (TPSA) is 46.6 Å². The Morgan fingerprint density at radius 3 is 2.33 bits per heavy atom. The second-order valence-corrected chi connectivity index (χ2v) is 7.87. The molecule has 1 heterocycles. The lowest BCUT2D eigenvalue weighted by Crippen LogP contribution is -2.62. The summed E-state index contributed by atoms with van der Waals surface area (Å²) >= 11 is 0. The number of amides is 1. The third-order valence-electron chi connectivity index (χ3n) is 4.83. The van der Waals surface area contributed by atoms with E-state index in [1.165, 1.54) is 11.8 Å². The second kappa shape index (κ2) is 5.76. The molecule has 0 fully saturated rings. The number of carbonyl (C=O) groups excluding carboxylic acids is 2. The van der Waals surface area contributed by atoms with E-state index in [9.17, 15) is 9.59 Å². The molecule has 1 aromatic rings. The summed E-state index contributed by atoms with van der Waals surface area (Å²) in [5.74, 6) is -0.0746. The fraction of sp³-hybridized carbons (Fsp3) is 0.500. The van der Waals surface area contributed by atoms with Gasteiger partial charge in [-0.1, -0.05) is 38.1 Å². The van der Waals surface area contributed by atoms with Gasteiger partial charge >= 0.3 is 6.09 Å². The van der Waals surface area contributed by atoms with Crippen LogP contribution in [0.2, 0.25) is 0 Å². The Morgan fingerprint density at radius 1 is 1.25 bits per heavy atom. The summed E-state index contributed by atoms with van der Waals surface area (Å²) in [5, 5.41) is 0. The molecule has 0 saturated heterocycles. The van der Waals surface area contributed by atoms with E-state index in [0.717, 1.165) is 11.3 Å². The van der Waals surface area contributed by atoms with Crippen LogP contribution in [0.4, 0.5) is 10.5 Å². The predicted molar refractivity (Wildman–Crippen MR) is 96.4 cm³/mol. The molecule has 4 nitrogen and oxygen atoms in total. The van der Waals surface area contributed by atoms with E-state index in [1.54, 1.807) is 6.08 Å². The lowest BCUT2D eigenvalue weighted by molar-refractivity contribution is -0.124. The summed E-state index contributed by atoms with van der Waals surface area (Å²) in [4.78, 5) is 27.4. The Balaban J connectivity index is 2.73. The zero-order chi connectivity index (χ0) is 18.3. The van der Waals surface area contributed by atoms with Crippen LogP contribution in [0.5, 0.6) is 0 Å². The van der Waals surface area contributed by atoms with E-state index in [-0.39, 0.29) is 5.78 Å². The maximum Gasteiger partial charge on any atom is 0.415 e. The smallest absolute Gasteiger partial charge is 0.415 e. The summed E-state index contributed by atoms with van der Waals surface area (Å²) in [6, 6.07) is 7.64. The lowest BCUT2D eigenvalue weighted by Gasteiger charge is -2.44. The molecule has 0 spiro atoms. The maximum atomic E-state index is 13.0. The molecule has 130 valence electrons. The highest BCUT2D eigenvalue weighted by Gasteiger charge is 2.61. The fourth-order valence-corrected chi connectivity index (χ4v) is 3.76. The molecule has 0 N–H and O–H groups in total. The average molecular weight is 329 g/mol. The Kier molecular flexibility index (Phi) is 4.38. The van der Waals surface area contributed by atoms with Crippen LogP contribution < -0.4 is 4.90 Å². The van der Waals surface area contributed by atoms with Crippen LogP contribution in [-0.4, -0.2) is 23.0 Å². The predicted octanol–water partition coefficient (Wildman–Crippen LogP) is 4.62. The number of Topliss-reactive ketones (excluding diaryl/α,β-unsaturated/α-hetero) is 1. The van der Waals surface area contributed by atoms with Crippen molar-refractivity contribution in [1.29, 1.82) is 0 Å². The monoisotopic (exact) mass is 329 g/mol. The first-order valence-corrected chi connectivity index (χ1v) is 8.23. The van der Waals surface area contributed by atoms with Gasteiger partial charge in [0.2, 0.25) is 0 Å². The highest BCUT2D eigenvalue weighted by atomic mass is 16.6. The molecule has 0 radical (unpaired) electrons. The van der Waals surface area contributed by atoms with Gasteiger partial charge < -0.3 is 4.74 Å². The van der Waals surface area contributed by atoms with Crippen LogP contribution in [-0.2, 0) is 14.9 Å². The number of fused-ring (bicyclic) bond motifs is 1. The van der Waals surface area contributed by atoms with Crippen molar-refractivity contribution < 1.29 is 14.3 Å². The Morgan fingerprint density at radius 2 is 1.83 bits per heavy atom. The van der Waals surface area contributed by atoms with Crippen molar-refractivity contribution in [2.24, 2.45) is 0 Å². The van der Waals surface area contributed by atoms with Gasteiger partial charge in [-0.15, -0.1) is 6.58 Å². The van der Waals surface area contributed by atoms with Gasteiger partial charge in [0.1, 0.15) is 11.1 Å². The minimum Gasteiger partial charge on any atom is -0.443 e. The van der Waals surface area contributed by atoms with Crippen molar-refractivity contribution in [1.82, 2.24) is 0 Å². The van der Waals surface area contributed by atoms with Gasteiger partial charge in [0.15, 0.2) is 5.78 Å². The van der Waals surface area contributed by atoms with Crippen LogP contribution >= 0.6 is 0 Å². The minimum atomic E-state index is -1.04. The van der Waals surface area contributed by atoms with Crippen molar-refractivity contribution in [2.45, 2.75) is 64.5 Å². The Labute approximate surface area is 144 Å². The highest BCUT2D eigenvalue weighted by molar-refractivity contribution is 6.06. The van der Waals surface area contributed by atoms with Gasteiger partial charge in [-0.05, 0) is 45.7 Å². The van der Waals surface area contributed by atoms with Gasteiger partial charge in [-0.2, -0.15) is 0 Å². The van der Waals surface area contributed by atoms with E-state index >= 15 is 0 Å². The van der Waals surface area contributed by atoms with Gasteiger partial charge in [-0.25, -0.2) is 4.79 Å². The molecular formula is C20H27NO3. The number of benzene rings is 1. The maximum absolute atomic E-state index is 13.0. The van der Waals surface area contributed by atoms with Crippen molar-refractivity contribution in [3.05, 3.63) is 42.5 Å². The van der Waals surface area contributed by atoms with E-state index in [4.69, 9.17) is 4.74 Å². The standard InChI is InChI=1S/C20H27NO3/c1-8-13-20(14(2)22)19(6,7)15-11-9-10-12-16(15)21(20)17(23)24-18(3,4)5/h8-12H,1,13H2,2-7H3. The number of nitrogens with zero attached hydrogens (tertiary/aromatic N) is 1. The molecule has 0 bridgehead atoms. The molecule has 4 heteroatoms. The van der Waals surface area contributed by atoms with E-state index in [1.807, 2.05) is 58.9 Å². The summed E-state index contributed by atoms with van der Waals surface area (Å²) < 4.78 is 5.62. The third-order valence-corrected chi connectivity index (χ3v) is 4.83. The molecule has 0 aromatic heterocycles. The van der Waals surface area contributed by atoms with E-state index in [2.05, 4.69) is 6.58 Å². The highest BCUT2D eigenvalue weighted by Crippen LogP contribution is 2.54. The normalized spacial score (nSPS) is 22.0. The molecular weight excluding hydrogens is 302 g/mol. The van der Waals surface area contributed by atoms with Gasteiger partial charge in [-0.3, -0.25) is 9.69 Å². The molecule has 1 amide bonds. The summed E-state index contributed by atoms with van der Waals surface area (Å²) in [6.45, 7) is 14.8. The number of para-hydroxylation sites is 1. The Bertz CT molecular complexity index is 684. The van der Waals surface area contributed by atoms with Crippen LogP contribution in [0.15, 0.2) is 36.9 Å². The van der Waals surface area contributed by atoms with Gasteiger partial charge in [0, 0.05) is 5.41 Å². The van der Waals surface area contributed by atoms with E-state index in [0.29, 0.717) is 6.42 Å². The van der Waals surface area contributed by atoms with Crippen molar-refractivity contribution in [3.63, 3.8) is 0 Å². The fourth-order valence-electron chi connectivity index (χ4n) is 3.76. The first kappa shape index (κ1) is 18.2. The average Bonchev–Trinajstić information content (AvgIpc) is 2.64. The Hall–Kier alpha value is -2.10. The molecule has 2 rings (SSSR count). The zero-order valence-electron chi connectivity index (χ0n) is 15.5. The number of anilines is 1. The number of rotatable bonds is 3. The molecule has 24 heavy (non-hydrogen) atoms. The quantitative estimate of drug-likeness (QED) is 0.760. The largest absolute Gasteiger partial charge is 0.443 e. The van der Waals surface area contributed by atoms with Crippen LogP contribution in [0, 0.1) is 0 Å². The molecule has 1 aliphatic heterocycles. The summed E-state index contributed by atoms with van der Waals surface area (Å²) in [7, 11) is 0. The number of ketones is 1. The number of ether oxygens (including phenoxy) is 1. The molecule has 1 aromatic carbocycles. The molecule has 0 aliphatic carbocycles. The zero-order valence-corrected chi connectivity index (χ0v) is 15.5. The molecule has 1 aliphatic rings. The van der Waals surface area contributed by atoms with Gasteiger partial charge in [0.25, 0.3) is 0 Å². The minimum absolute atomic E-state index is 0.0746. The first-order valence-electron chi connectivity index (χ1n) is 8.23. The number of carbonyl (C=O) groups is 2. The molecule has 0 saturated carbocycles. The van der Waals surface area contributed by atoms with E-state index < -0.39 is 22.6 Å². The first-order chi connectivity index (χ1) is 11.0. The van der Waals surface area contributed by atoms with Crippen molar-refractivity contribution >= 4 is 17.6 Å².